The Labute approximate surface area is 825 Å². The van der Waals surface area contributed by atoms with Gasteiger partial charge in [-0.05, 0) is 397 Å². The Kier molecular flexibility index (Phi) is 27.0. The number of allylic oxidation sites excluding steroid dienone is 8. The molecular formula is C130H96O12. The average molecular weight is 1850 g/mol. The maximum absolute atomic E-state index is 13.7. The highest BCUT2D eigenvalue weighted by molar-refractivity contribution is 6.14. The maximum atomic E-state index is 13.7. The van der Waals surface area contributed by atoms with Crippen molar-refractivity contribution in [1.82, 2.24) is 0 Å². The van der Waals surface area contributed by atoms with Gasteiger partial charge in [-0.25, -0.2) is 0 Å². The van der Waals surface area contributed by atoms with E-state index in [1.807, 2.05) is 317 Å². The smallest absolute Gasteiger partial charge is 0.193 e. The van der Waals surface area contributed by atoms with Crippen LogP contribution >= 0.6 is 0 Å². The van der Waals surface area contributed by atoms with Crippen LogP contribution in [0.3, 0.4) is 0 Å². The van der Waals surface area contributed by atoms with Crippen LogP contribution in [-0.4, -0.2) is 34.7 Å². The van der Waals surface area contributed by atoms with Crippen molar-refractivity contribution in [3.8, 4) is 91.2 Å². The van der Waals surface area contributed by atoms with Gasteiger partial charge in [-0.15, -0.1) is 0 Å². The summed E-state index contributed by atoms with van der Waals surface area (Å²) in [6.45, 7) is 16.5. The van der Waals surface area contributed by atoms with Crippen molar-refractivity contribution in [2.75, 3.05) is 0 Å². The molecule has 12 heteroatoms. The average Bonchev–Trinajstić information content (AvgIpc) is 0.756. The molecule has 0 saturated heterocycles. The molecule has 41 rings (SSSR count). The van der Waals surface area contributed by atoms with Crippen LogP contribution in [0.5, 0.6) is 69.0 Å². The zero-order valence-electron chi connectivity index (χ0n) is 79.5. The molecule has 0 saturated carbocycles. The first-order valence-corrected chi connectivity index (χ1v) is 47.0. The fraction of sp³-hybridized carbons (Fsp3) is 0.0615. The third kappa shape index (κ3) is 21.1. The van der Waals surface area contributed by atoms with E-state index in [2.05, 4.69) is 53.7 Å². The molecule has 0 atom stereocenters. The number of benzene rings is 18. The fourth-order valence-electron chi connectivity index (χ4n) is 17.3. The standard InChI is InChI=1S/C84H60O8.C46H36O4/c1-53-54(2)58-7-15-66(16-8-58)82(86)70-31-47-78(48-32-70)90-74-39-23-62(24-40-74)64-27-43-76(44-28-64)92-80-51-35-72(36-52-80)84(88)68-19-11-60(12-20-68)56(4)55(3)59-9-17-67(18-10-59)83(87)71-33-49-79(50-34-71)91-75-41-25-63(26-42-75)61-21-37-73(38-22-61)89-77-45-29-69(30-46-77)81(85)65-13-5-57(53)6-14-65;1-29-30(2)36-10-6-14-40(26-36)46(48)34-19-23-42(24-20-34)50-44-16-8-12-38(28-44)32(4)31(3)37-11-7-15-43(27-37)49-41-21-17-33(18-22-41)45(47)39-13-5-9-35(29)25-39/h5-52H,1-4H3;5-28H,1-4H3. The van der Waals surface area contributed by atoms with Gasteiger partial charge in [-0.2, -0.15) is 0 Å². The molecule has 0 aliphatic carbocycles. The van der Waals surface area contributed by atoms with Gasteiger partial charge in [0.1, 0.15) is 69.0 Å². The van der Waals surface area contributed by atoms with Crippen molar-refractivity contribution < 1.29 is 57.2 Å². The Morgan fingerprint density at radius 1 is 0.106 bits per heavy atom. The summed E-state index contributed by atoms with van der Waals surface area (Å²) in [5, 5.41) is 0. The first-order valence-electron chi connectivity index (χ1n) is 47.0. The molecule has 23 heterocycles. The summed E-state index contributed by atoms with van der Waals surface area (Å²) in [6.07, 6.45) is 0. The van der Waals surface area contributed by atoms with Crippen LogP contribution in [0.2, 0.25) is 0 Å². The molecule has 0 N–H and O–H groups in total. The van der Waals surface area contributed by atoms with Gasteiger partial charge in [0, 0.05) is 66.8 Å². The van der Waals surface area contributed by atoms with E-state index >= 15 is 0 Å². The summed E-state index contributed by atoms with van der Waals surface area (Å²) in [5.41, 5.74) is 27.2. The normalized spacial score (nSPS) is 13.1. The molecule has 0 radical (unpaired) electrons. The molecule has 0 fully saturated rings. The molecule has 0 amide bonds. The van der Waals surface area contributed by atoms with Crippen molar-refractivity contribution in [1.29, 1.82) is 0 Å². The van der Waals surface area contributed by atoms with E-state index in [1.165, 1.54) is 0 Å². The quantitative estimate of drug-likeness (QED) is 0.142. The third-order valence-electron chi connectivity index (χ3n) is 26.4. The molecule has 23 aliphatic heterocycles. The summed E-state index contributed by atoms with van der Waals surface area (Å²) < 4.78 is 37.2. The van der Waals surface area contributed by atoms with Gasteiger partial charge in [0.05, 0.1) is 0 Å². The van der Waals surface area contributed by atoms with Crippen molar-refractivity contribution in [2.24, 2.45) is 0 Å². The van der Waals surface area contributed by atoms with E-state index in [0.717, 1.165) is 111 Å². The van der Waals surface area contributed by atoms with E-state index in [-0.39, 0.29) is 34.7 Å². The molecule has 12 nitrogen and oxygen atoms in total. The lowest BCUT2D eigenvalue weighted by atomic mass is 9.92. The summed E-state index contributed by atoms with van der Waals surface area (Å²) in [6, 6.07) is 136. The SMILES string of the molecule is CC1=C(C)c2ccc(cc2)C(=O)c2ccc(cc2)Oc2ccc(cc2)-c2ccc(cc2)Oc2ccc(cc2)C(=O)c2ccc(cc2)C(C)=C(C)c2ccc(cc2)C(=O)c2ccc(cc2)Oc2ccc(cc2)-c2ccc(cc2)Oc2ccc(cc2)C(=O)c2ccc1cc2.CC1=C(C)c2cccc(c2)Oc2ccc(cc2)C(=O)c2cccc(c2)C(C)=C(C)c2cccc(c2)C(=O)c2ccc(cc2)Oc2cccc1c2. The monoisotopic (exact) mass is 1850 g/mol. The molecule has 0 unspecified atom stereocenters. The number of hydrogen-bond acceptors (Lipinski definition) is 12. The van der Waals surface area contributed by atoms with E-state index < -0.39 is 0 Å². The predicted octanol–water partition coefficient (Wildman–Crippen LogP) is 33.3. The van der Waals surface area contributed by atoms with Crippen LogP contribution in [0.15, 0.2) is 437 Å². The summed E-state index contributed by atoms with van der Waals surface area (Å²) in [4.78, 5) is 81.8. The van der Waals surface area contributed by atoms with Crippen molar-refractivity contribution in [3.63, 3.8) is 0 Å². The van der Waals surface area contributed by atoms with Crippen LogP contribution in [-0.2, 0) is 0 Å². The maximum Gasteiger partial charge on any atom is 0.193 e. The van der Waals surface area contributed by atoms with Gasteiger partial charge in [0.25, 0.3) is 0 Å². The topological polar surface area (TPSA) is 158 Å². The Hall–Kier alpha value is -18.3. The van der Waals surface area contributed by atoms with E-state index in [9.17, 15) is 28.8 Å². The molecule has 36 bridgehead atoms. The van der Waals surface area contributed by atoms with Gasteiger partial charge >= 0.3 is 0 Å². The Morgan fingerprint density at radius 3 is 0.408 bits per heavy atom. The lowest BCUT2D eigenvalue weighted by Gasteiger charge is -2.13. The first-order chi connectivity index (χ1) is 69.0. The molecule has 688 valence electrons. The van der Waals surface area contributed by atoms with Crippen molar-refractivity contribution in [2.45, 2.75) is 55.4 Å². The van der Waals surface area contributed by atoms with Gasteiger partial charge in [-0.1, -0.05) is 206 Å². The van der Waals surface area contributed by atoms with Gasteiger partial charge < -0.3 is 28.4 Å². The van der Waals surface area contributed by atoms with Crippen LogP contribution in [0, 0.1) is 0 Å². The first kappa shape index (κ1) is 92.8. The van der Waals surface area contributed by atoms with Crippen molar-refractivity contribution >= 4 is 79.3 Å². The summed E-state index contributed by atoms with van der Waals surface area (Å²) in [7, 11) is 0. The highest BCUT2D eigenvalue weighted by Crippen LogP contribution is 2.40. The molecular weight excluding hydrogens is 1750 g/mol. The number of ketones is 6. The van der Waals surface area contributed by atoms with Crippen LogP contribution in [0.25, 0.3) is 66.8 Å². The van der Waals surface area contributed by atoms with Crippen molar-refractivity contribution in [3.05, 3.63) is 548 Å². The Balaban J connectivity index is 0.000000215. The molecule has 142 heavy (non-hydrogen) atoms. The molecule has 23 aliphatic rings. The zero-order valence-corrected chi connectivity index (χ0v) is 79.5. The van der Waals surface area contributed by atoms with Gasteiger partial charge in [0.2, 0.25) is 0 Å². The molecule has 18 aromatic carbocycles. The van der Waals surface area contributed by atoms with E-state index in [1.54, 1.807) is 121 Å². The second kappa shape index (κ2) is 41.4. The van der Waals surface area contributed by atoms with Crippen LogP contribution in [0.1, 0.15) is 195 Å². The fourth-order valence-corrected chi connectivity index (χ4v) is 17.3. The molecule has 0 aromatic heterocycles. The lowest BCUT2D eigenvalue weighted by molar-refractivity contribution is 0.103. The highest BCUT2D eigenvalue weighted by atomic mass is 16.5. The minimum absolute atomic E-state index is 0.0664. The second-order valence-electron chi connectivity index (χ2n) is 35.4. The Bertz CT molecular complexity index is 7190. The number of carbonyl (C=O) groups is 6. The summed E-state index contributed by atoms with van der Waals surface area (Å²) in [5.74, 6) is 7.25. The van der Waals surface area contributed by atoms with E-state index in [4.69, 9.17) is 28.4 Å². The predicted molar refractivity (Wildman–Crippen MR) is 568 cm³/mol. The number of carbonyl (C=O) groups excluding carboxylic acids is 6. The largest absolute Gasteiger partial charge is 0.457 e. The van der Waals surface area contributed by atoms with Crippen LogP contribution < -0.4 is 28.4 Å². The van der Waals surface area contributed by atoms with Crippen LogP contribution in [0.4, 0.5) is 0 Å². The summed E-state index contributed by atoms with van der Waals surface area (Å²) >= 11 is 0. The number of ether oxygens (including phenoxy) is 6. The minimum atomic E-state index is -0.0928. The number of hydrogen-bond donors (Lipinski definition) is 0. The van der Waals surface area contributed by atoms with E-state index in [0.29, 0.717) is 136 Å². The minimum Gasteiger partial charge on any atom is -0.457 e. The highest BCUT2D eigenvalue weighted by Gasteiger charge is 2.22. The number of rotatable bonds is 0. The third-order valence-corrected chi connectivity index (χ3v) is 26.4. The lowest BCUT2D eigenvalue weighted by Crippen LogP contribution is -2.03. The van der Waals surface area contributed by atoms with Gasteiger partial charge in [-0.3, -0.25) is 28.8 Å². The molecule has 0 spiro atoms. The second-order valence-corrected chi connectivity index (χ2v) is 35.4. The molecule has 18 aromatic rings. The zero-order chi connectivity index (χ0) is 98.0. The van der Waals surface area contributed by atoms with Gasteiger partial charge in [0.15, 0.2) is 34.7 Å². The Morgan fingerprint density at radius 2 is 0.225 bits per heavy atom.